The molecule has 0 heterocycles. The fraction of sp³-hybridized carbons (Fsp3) is 0.750. The Kier molecular flexibility index (Phi) is 8.16. The van der Waals surface area contributed by atoms with E-state index in [2.05, 4.69) is 0 Å². The van der Waals surface area contributed by atoms with Crippen LogP contribution in [0.1, 0.15) is 34.6 Å². The summed E-state index contributed by atoms with van der Waals surface area (Å²) in [4.78, 5) is 11.5. The Labute approximate surface area is 109 Å². The van der Waals surface area contributed by atoms with Crippen molar-refractivity contribution in [3.63, 3.8) is 0 Å². The highest BCUT2D eigenvalue weighted by atomic mass is 31.2. The van der Waals surface area contributed by atoms with E-state index in [0.29, 0.717) is 11.9 Å². The molecule has 0 saturated carbocycles. The van der Waals surface area contributed by atoms with Crippen molar-refractivity contribution in [2.24, 2.45) is 5.92 Å². The number of ether oxygens (including phenoxy) is 1. The molecule has 0 aromatic rings. The number of esters is 1. The van der Waals surface area contributed by atoms with Gasteiger partial charge in [-0.25, -0.2) is 0 Å². The molecule has 0 aliphatic heterocycles. The van der Waals surface area contributed by atoms with Crippen LogP contribution in [0.5, 0.6) is 0 Å². The lowest BCUT2D eigenvalue weighted by atomic mass is 10.2. The normalized spacial score (nSPS) is 14.4. The van der Waals surface area contributed by atoms with Crippen LogP contribution in [0.3, 0.4) is 0 Å². The number of allylic oxidation sites excluding steroid dienone is 1. The predicted molar refractivity (Wildman–Crippen MR) is 70.4 cm³/mol. The zero-order chi connectivity index (χ0) is 14.2. The predicted octanol–water partition coefficient (Wildman–Crippen LogP) is 3.36. The highest BCUT2D eigenvalue weighted by molar-refractivity contribution is 7.58. The molecule has 5 nitrogen and oxygen atoms in total. The van der Waals surface area contributed by atoms with Crippen LogP contribution in [0, 0.1) is 5.92 Å². The van der Waals surface area contributed by atoms with Gasteiger partial charge in [-0.15, -0.1) is 0 Å². The lowest BCUT2D eigenvalue weighted by molar-refractivity contribution is -0.145. The third-order valence-electron chi connectivity index (χ3n) is 2.18. The van der Waals surface area contributed by atoms with E-state index in [-0.39, 0.29) is 19.2 Å². The first-order chi connectivity index (χ1) is 8.41. The second kappa shape index (κ2) is 8.46. The Balaban J connectivity index is 4.90. The average molecular weight is 278 g/mol. The van der Waals surface area contributed by atoms with Crippen LogP contribution >= 0.6 is 7.60 Å². The summed E-state index contributed by atoms with van der Waals surface area (Å²) in [5, 5.41) is 0.437. The molecule has 0 saturated heterocycles. The number of carbonyl (C=O) groups excluding carboxylic acids is 1. The quantitative estimate of drug-likeness (QED) is 0.503. The van der Waals surface area contributed by atoms with Gasteiger partial charge in [0.25, 0.3) is 0 Å². The molecular formula is C12H23O5P. The molecule has 0 rings (SSSR count). The SMILES string of the molecule is CCOC(=O)C(C)/C=C(/C)P(=O)(OCC)OCC. The van der Waals surface area contributed by atoms with Gasteiger partial charge in [-0.2, -0.15) is 0 Å². The monoisotopic (exact) mass is 278 g/mol. The van der Waals surface area contributed by atoms with Crippen molar-refractivity contribution in [1.29, 1.82) is 0 Å². The number of hydrogen-bond donors (Lipinski definition) is 0. The number of rotatable bonds is 8. The second-order valence-corrected chi connectivity index (χ2v) is 5.90. The van der Waals surface area contributed by atoms with Crippen LogP contribution < -0.4 is 0 Å². The largest absolute Gasteiger partial charge is 0.466 e. The van der Waals surface area contributed by atoms with Crippen molar-refractivity contribution in [2.45, 2.75) is 34.6 Å². The van der Waals surface area contributed by atoms with Gasteiger partial charge in [0, 0.05) is 5.31 Å². The van der Waals surface area contributed by atoms with Gasteiger partial charge in [0.05, 0.1) is 25.7 Å². The summed E-state index contributed by atoms with van der Waals surface area (Å²) >= 11 is 0. The van der Waals surface area contributed by atoms with E-state index in [4.69, 9.17) is 13.8 Å². The average Bonchev–Trinajstić information content (AvgIpc) is 2.29. The number of carbonyl (C=O) groups is 1. The van der Waals surface area contributed by atoms with Gasteiger partial charge in [0.2, 0.25) is 0 Å². The molecule has 0 aromatic carbocycles. The summed E-state index contributed by atoms with van der Waals surface area (Å²) in [6.07, 6.45) is 1.57. The molecule has 0 N–H and O–H groups in total. The number of hydrogen-bond acceptors (Lipinski definition) is 5. The van der Waals surface area contributed by atoms with Crippen LogP contribution in [0.4, 0.5) is 0 Å². The second-order valence-electron chi connectivity index (χ2n) is 3.68. The van der Waals surface area contributed by atoms with E-state index in [1.54, 1.807) is 40.7 Å². The van der Waals surface area contributed by atoms with Crippen molar-refractivity contribution in [2.75, 3.05) is 19.8 Å². The highest BCUT2D eigenvalue weighted by Crippen LogP contribution is 2.55. The van der Waals surface area contributed by atoms with Gasteiger partial charge in [-0.3, -0.25) is 9.36 Å². The van der Waals surface area contributed by atoms with Gasteiger partial charge < -0.3 is 13.8 Å². The zero-order valence-corrected chi connectivity index (χ0v) is 12.7. The molecule has 18 heavy (non-hydrogen) atoms. The topological polar surface area (TPSA) is 61.8 Å². The third kappa shape index (κ3) is 5.34. The van der Waals surface area contributed by atoms with Crippen LogP contribution in [0.25, 0.3) is 0 Å². The molecule has 0 aromatic heterocycles. The van der Waals surface area contributed by atoms with E-state index < -0.39 is 13.5 Å². The van der Waals surface area contributed by atoms with Crippen molar-refractivity contribution >= 4 is 13.6 Å². The maximum Gasteiger partial charge on any atom is 0.356 e. The van der Waals surface area contributed by atoms with E-state index in [9.17, 15) is 9.36 Å². The fourth-order valence-corrected chi connectivity index (χ4v) is 2.94. The molecule has 106 valence electrons. The first-order valence-electron chi connectivity index (χ1n) is 6.15. The van der Waals surface area contributed by atoms with Crippen molar-refractivity contribution in [3.8, 4) is 0 Å². The van der Waals surface area contributed by atoms with Crippen LogP contribution in [0.2, 0.25) is 0 Å². The van der Waals surface area contributed by atoms with E-state index in [1.165, 1.54) is 0 Å². The van der Waals surface area contributed by atoms with Crippen molar-refractivity contribution < 1.29 is 23.1 Å². The molecular weight excluding hydrogens is 255 g/mol. The molecule has 0 aliphatic carbocycles. The summed E-state index contributed by atoms with van der Waals surface area (Å²) in [6.45, 7) is 9.45. The van der Waals surface area contributed by atoms with E-state index >= 15 is 0 Å². The molecule has 0 bridgehead atoms. The van der Waals surface area contributed by atoms with Crippen molar-refractivity contribution in [1.82, 2.24) is 0 Å². The van der Waals surface area contributed by atoms with E-state index in [1.807, 2.05) is 0 Å². The van der Waals surface area contributed by atoms with Crippen LogP contribution in [-0.4, -0.2) is 25.8 Å². The lowest BCUT2D eigenvalue weighted by Crippen LogP contribution is -2.13. The summed E-state index contributed by atoms with van der Waals surface area (Å²) < 4.78 is 27.6. The maximum atomic E-state index is 12.4. The van der Waals surface area contributed by atoms with Crippen molar-refractivity contribution in [3.05, 3.63) is 11.4 Å². The minimum Gasteiger partial charge on any atom is -0.466 e. The minimum atomic E-state index is -3.27. The third-order valence-corrected chi connectivity index (χ3v) is 4.39. The lowest BCUT2D eigenvalue weighted by Gasteiger charge is -2.18. The molecule has 1 unspecified atom stereocenters. The molecule has 0 amide bonds. The first-order valence-corrected chi connectivity index (χ1v) is 7.70. The summed E-state index contributed by atoms with van der Waals surface area (Å²) in [6, 6.07) is 0. The van der Waals surface area contributed by atoms with Gasteiger partial charge in [0.15, 0.2) is 0 Å². The van der Waals surface area contributed by atoms with Crippen LogP contribution in [-0.2, 0) is 23.1 Å². The molecule has 0 aliphatic rings. The summed E-state index contributed by atoms with van der Waals surface area (Å²) in [7, 11) is -3.27. The van der Waals surface area contributed by atoms with Gasteiger partial charge in [-0.05, 0) is 34.6 Å². The Morgan fingerprint density at radius 3 is 2.06 bits per heavy atom. The minimum absolute atomic E-state index is 0.288. The maximum absolute atomic E-state index is 12.4. The molecule has 0 radical (unpaired) electrons. The Morgan fingerprint density at radius 1 is 1.17 bits per heavy atom. The summed E-state index contributed by atoms with van der Waals surface area (Å²) in [5.41, 5.74) is 0. The van der Waals surface area contributed by atoms with Gasteiger partial charge in [0.1, 0.15) is 0 Å². The molecule has 0 fully saturated rings. The molecule has 1 atom stereocenters. The summed E-state index contributed by atoms with van der Waals surface area (Å²) in [5.74, 6) is -0.824. The zero-order valence-electron chi connectivity index (χ0n) is 11.8. The van der Waals surface area contributed by atoms with Gasteiger partial charge in [-0.1, -0.05) is 6.08 Å². The van der Waals surface area contributed by atoms with E-state index in [0.717, 1.165) is 0 Å². The first kappa shape index (κ1) is 17.4. The van der Waals surface area contributed by atoms with Crippen LogP contribution in [0.15, 0.2) is 11.4 Å². The molecule has 6 heteroatoms. The standard InChI is InChI=1S/C12H23O5P/c1-6-15-12(13)10(4)9-11(5)18(14,16-7-2)17-8-3/h9-10H,6-8H2,1-5H3/b11-9-. The fourth-order valence-electron chi connectivity index (χ4n) is 1.38. The highest BCUT2D eigenvalue weighted by Gasteiger charge is 2.27. The Morgan fingerprint density at radius 2 is 1.67 bits per heavy atom. The molecule has 0 spiro atoms. The Hall–Kier alpha value is -0.640. The smallest absolute Gasteiger partial charge is 0.356 e. The Bertz CT molecular complexity index is 327. The van der Waals surface area contributed by atoms with Gasteiger partial charge >= 0.3 is 13.6 Å².